The summed E-state index contributed by atoms with van der Waals surface area (Å²) < 4.78 is 0. The second-order valence-corrected chi connectivity index (χ2v) is 6.83. The van der Waals surface area contributed by atoms with Gasteiger partial charge in [0, 0.05) is 6.54 Å². The Kier molecular flexibility index (Phi) is 7.23. The molecule has 0 unspecified atom stereocenters. The molecule has 2 amide bonds. The third-order valence-corrected chi connectivity index (χ3v) is 4.72. The summed E-state index contributed by atoms with van der Waals surface area (Å²) in [5.74, 6) is -1.37. The van der Waals surface area contributed by atoms with Gasteiger partial charge >= 0.3 is 0 Å². The van der Waals surface area contributed by atoms with E-state index in [-0.39, 0.29) is 11.5 Å². The molecular formula is C21H29NO3. The Morgan fingerprint density at radius 3 is 2.00 bits per heavy atom. The SMILES string of the molecule is CCCCCCCCCCN1C(=O)C(O)=C(c2ccc(C)cc2)C1=O. The van der Waals surface area contributed by atoms with E-state index >= 15 is 0 Å². The third-order valence-electron chi connectivity index (χ3n) is 4.72. The van der Waals surface area contributed by atoms with Gasteiger partial charge in [0.15, 0.2) is 5.76 Å². The van der Waals surface area contributed by atoms with Crippen LogP contribution in [-0.2, 0) is 9.59 Å². The van der Waals surface area contributed by atoms with Crippen molar-refractivity contribution < 1.29 is 14.7 Å². The van der Waals surface area contributed by atoms with Crippen molar-refractivity contribution in [1.29, 1.82) is 0 Å². The molecule has 0 fully saturated rings. The van der Waals surface area contributed by atoms with E-state index < -0.39 is 11.7 Å². The second-order valence-electron chi connectivity index (χ2n) is 6.83. The van der Waals surface area contributed by atoms with Crippen LogP contribution in [0.5, 0.6) is 0 Å². The molecule has 1 N–H and O–H groups in total. The Hall–Kier alpha value is -2.10. The Bertz CT molecular complexity index is 631. The lowest BCUT2D eigenvalue weighted by molar-refractivity contribution is -0.138. The van der Waals surface area contributed by atoms with E-state index in [2.05, 4.69) is 6.92 Å². The van der Waals surface area contributed by atoms with Crippen LogP contribution in [0.15, 0.2) is 30.0 Å². The number of imide groups is 1. The van der Waals surface area contributed by atoms with E-state index in [0.29, 0.717) is 12.1 Å². The summed E-state index contributed by atoms with van der Waals surface area (Å²) >= 11 is 0. The van der Waals surface area contributed by atoms with Gasteiger partial charge in [-0.15, -0.1) is 0 Å². The van der Waals surface area contributed by atoms with Gasteiger partial charge in [0.1, 0.15) is 0 Å². The number of nitrogens with zero attached hydrogens (tertiary/aromatic N) is 1. The lowest BCUT2D eigenvalue weighted by Gasteiger charge is -2.14. The standard InChI is InChI=1S/C21H29NO3/c1-3-4-5-6-7-8-9-10-15-22-20(24)18(19(23)21(22)25)17-13-11-16(2)12-14-17/h11-14,23H,3-10,15H2,1-2H3. The summed E-state index contributed by atoms with van der Waals surface area (Å²) in [4.78, 5) is 25.9. The predicted molar refractivity (Wildman–Crippen MR) is 100 cm³/mol. The van der Waals surface area contributed by atoms with Crippen molar-refractivity contribution >= 4 is 17.4 Å². The Labute approximate surface area is 150 Å². The zero-order chi connectivity index (χ0) is 18.2. The van der Waals surface area contributed by atoms with Crippen LogP contribution in [0.1, 0.15) is 69.4 Å². The smallest absolute Gasteiger partial charge is 0.296 e. The molecule has 1 aliphatic heterocycles. The predicted octanol–water partition coefficient (Wildman–Crippen LogP) is 4.77. The molecule has 0 radical (unpaired) electrons. The average Bonchev–Trinajstić information content (AvgIpc) is 2.81. The minimum Gasteiger partial charge on any atom is -0.502 e. The molecule has 0 saturated carbocycles. The maximum absolute atomic E-state index is 12.5. The quantitative estimate of drug-likeness (QED) is 0.491. The van der Waals surface area contributed by atoms with Crippen LogP contribution in [0.25, 0.3) is 5.57 Å². The van der Waals surface area contributed by atoms with Gasteiger partial charge in [0.05, 0.1) is 5.57 Å². The molecule has 0 bridgehead atoms. The molecule has 4 nitrogen and oxygen atoms in total. The van der Waals surface area contributed by atoms with Crippen molar-refractivity contribution in [3.8, 4) is 0 Å². The minimum atomic E-state index is -0.566. The summed E-state index contributed by atoms with van der Waals surface area (Å²) in [6, 6.07) is 7.28. The molecule has 0 saturated heterocycles. The van der Waals surface area contributed by atoms with Gasteiger partial charge in [-0.1, -0.05) is 81.7 Å². The largest absolute Gasteiger partial charge is 0.502 e. The number of unbranched alkanes of at least 4 members (excludes halogenated alkanes) is 7. The van der Waals surface area contributed by atoms with Crippen LogP contribution < -0.4 is 0 Å². The molecule has 1 aromatic rings. The van der Waals surface area contributed by atoms with Crippen LogP contribution in [0.3, 0.4) is 0 Å². The Morgan fingerprint density at radius 2 is 1.40 bits per heavy atom. The van der Waals surface area contributed by atoms with E-state index in [9.17, 15) is 14.7 Å². The van der Waals surface area contributed by atoms with Gasteiger partial charge < -0.3 is 5.11 Å². The molecule has 0 atom stereocenters. The highest BCUT2D eigenvalue weighted by Gasteiger charge is 2.38. The maximum Gasteiger partial charge on any atom is 0.296 e. The van der Waals surface area contributed by atoms with Gasteiger partial charge in [0.2, 0.25) is 0 Å². The van der Waals surface area contributed by atoms with Crippen LogP contribution in [0.4, 0.5) is 0 Å². The molecule has 1 aliphatic rings. The molecule has 1 aromatic carbocycles. The zero-order valence-corrected chi connectivity index (χ0v) is 15.4. The van der Waals surface area contributed by atoms with Crippen molar-refractivity contribution in [2.45, 2.75) is 65.2 Å². The number of carbonyl (C=O) groups excluding carboxylic acids is 2. The van der Waals surface area contributed by atoms with Gasteiger partial charge in [-0.25, -0.2) is 0 Å². The topological polar surface area (TPSA) is 57.6 Å². The number of carbonyl (C=O) groups is 2. The maximum atomic E-state index is 12.5. The second kappa shape index (κ2) is 9.40. The van der Waals surface area contributed by atoms with Crippen LogP contribution in [0, 0.1) is 6.92 Å². The summed E-state index contributed by atoms with van der Waals surface area (Å²) in [6.07, 6.45) is 9.23. The fraction of sp³-hybridized carbons (Fsp3) is 0.524. The number of aliphatic hydroxyl groups is 1. The van der Waals surface area contributed by atoms with Crippen molar-refractivity contribution in [2.75, 3.05) is 6.54 Å². The molecule has 0 spiro atoms. The fourth-order valence-corrected chi connectivity index (χ4v) is 3.15. The molecule has 25 heavy (non-hydrogen) atoms. The molecule has 0 aromatic heterocycles. The average molecular weight is 343 g/mol. The first-order valence-corrected chi connectivity index (χ1v) is 9.42. The molecule has 2 rings (SSSR count). The van der Waals surface area contributed by atoms with E-state index in [1.54, 1.807) is 12.1 Å². The van der Waals surface area contributed by atoms with Gasteiger partial charge in [0.25, 0.3) is 11.8 Å². The monoisotopic (exact) mass is 343 g/mol. The van der Waals surface area contributed by atoms with Crippen molar-refractivity contribution in [3.05, 3.63) is 41.2 Å². The Balaban J connectivity index is 1.83. The highest BCUT2D eigenvalue weighted by Crippen LogP contribution is 2.28. The van der Waals surface area contributed by atoms with Gasteiger partial charge in [-0.05, 0) is 18.9 Å². The van der Waals surface area contributed by atoms with E-state index in [1.807, 2.05) is 19.1 Å². The highest BCUT2D eigenvalue weighted by atomic mass is 16.3. The summed E-state index contributed by atoms with van der Waals surface area (Å²) in [6.45, 7) is 4.54. The van der Waals surface area contributed by atoms with Crippen molar-refractivity contribution in [2.24, 2.45) is 0 Å². The van der Waals surface area contributed by atoms with E-state index in [1.165, 1.54) is 37.0 Å². The first-order chi connectivity index (χ1) is 12.1. The van der Waals surface area contributed by atoms with Crippen LogP contribution in [-0.4, -0.2) is 28.4 Å². The number of amides is 2. The summed E-state index contributed by atoms with van der Waals surface area (Å²) in [5, 5.41) is 10.1. The lowest BCUT2D eigenvalue weighted by atomic mass is 10.0. The zero-order valence-electron chi connectivity index (χ0n) is 15.4. The van der Waals surface area contributed by atoms with Gasteiger partial charge in [-0.2, -0.15) is 0 Å². The molecule has 4 heteroatoms. The van der Waals surface area contributed by atoms with Gasteiger partial charge in [-0.3, -0.25) is 14.5 Å². The number of aliphatic hydroxyl groups excluding tert-OH is 1. The lowest BCUT2D eigenvalue weighted by Crippen LogP contribution is -2.32. The van der Waals surface area contributed by atoms with Crippen molar-refractivity contribution in [3.63, 3.8) is 0 Å². The highest BCUT2D eigenvalue weighted by molar-refractivity contribution is 6.34. The first kappa shape index (κ1) is 19.2. The first-order valence-electron chi connectivity index (χ1n) is 9.42. The third kappa shape index (κ3) is 4.94. The fourth-order valence-electron chi connectivity index (χ4n) is 3.15. The number of aryl methyl sites for hydroxylation is 1. The number of benzene rings is 1. The van der Waals surface area contributed by atoms with Crippen LogP contribution in [0.2, 0.25) is 0 Å². The molecular weight excluding hydrogens is 314 g/mol. The minimum absolute atomic E-state index is 0.129. The van der Waals surface area contributed by atoms with E-state index in [4.69, 9.17) is 0 Å². The molecule has 136 valence electrons. The summed E-state index contributed by atoms with van der Waals surface area (Å²) in [7, 11) is 0. The van der Waals surface area contributed by atoms with Crippen LogP contribution >= 0.6 is 0 Å². The Morgan fingerprint density at radius 1 is 0.840 bits per heavy atom. The number of rotatable bonds is 10. The summed E-state index contributed by atoms with van der Waals surface area (Å²) in [5.41, 5.74) is 1.79. The number of hydrogen-bond acceptors (Lipinski definition) is 3. The molecule has 1 heterocycles. The van der Waals surface area contributed by atoms with Crippen molar-refractivity contribution in [1.82, 2.24) is 4.90 Å². The number of hydrogen-bond donors (Lipinski definition) is 1. The van der Waals surface area contributed by atoms with E-state index in [0.717, 1.165) is 24.8 Å². The normalized spacial score (nSPS) is 14.7. The molecule has 0 aliphatic carbocycles.